The van der Waals surface area contributed by atoms with Gasteiger partial charge in [0.05, 0.1) is 10.8 Å². The van der Waals surface area contributed by atoms with Crippen molar-refractivity contribution in [2.75, 3.05) is 6.54 Å². The van der Waals surface area contributed by atoms with E-state index in [0.717, 1.165) is 0 Å². The summed E-state index contributed by atoms with van der Waals surface area (Å²) < 4.78 is 24.8. The summed E-state index contributed by atoms with van der Waals surface area (Å²) in [5.41, 5.74) is 10.3. The molecule has 0 aromatic rings. The number of rotatable bonds is 1. The van der Waals surface area contributed by atoms with Crippen LogP contribution < -0.4 is 11.5 Å². The van der Waals surface area contributed by atoms with Crippen LogP contribution in [0.1, 0.15) is 0 Å². The lowest BCUT2D eigenvalue weighted by molar-refractivity contribution is 0.180. The number of hydrogen-bond acceptors (Lipinski definition) is 6. The molecule has 0 aromatic heterocycles. The first-order valence-electron chi connectivity index (χ1n) is 2.13. The highest BCUT2D eigenvalue weighted by Crippen LogP contribution is 2.40. The maximum absolute atomic E-state index is 10.3. The topological polar surface area (TPSA) is 95.4 Å². The fraction of sp³-hybridized carbons (Fsp3) is 1.00. The molecule has 1 heterocycles. The molecule has 1 saturated heterocycles. The molecule has 1 aliphatic rings. The molecule has 1 rings (SSSR count). The third-order valence-corrected chi connectivity index (χ3v) is 3.78. The van der Waals surface area contributed by atoms with Crippen molar-refractivity contribution in [1.29, 1.82) is 0 Å². The van der Waals surface area contributed by atoms with Crippen molar-refractivity contribution in [1.82, 2.24) is 0 Å². The Kier molecular flexibility index (Phi) is 1.48. The monoisotopic (exact) mass is 170 g/mol. The summed E-state index contributed by atoms with van der Waals surface area (Å²) in [4.78, 5) is 0. The molecule has 4 N–H and O–H groups in total. The summed E-state index contributed by atoms with van der Waals surface area (Å²) in [5, 5.41) is -1.20. The second-order valence-electron chi connectivity index (χ2n) is 1.59. The van der Waals surface area contributed by atoms with Crippen LogP contribution in [0.2, 0.25) is 0 Å². The fourth-order valence-electron chi connectivity index (χ4n) is 0.420. The van der Waals surface area contributed by atoms with Gasteiger partial charge in [-0.2, -0.15) is 8.42 Å². The van der Waals surface area contributed by atoms with Gasteiger partial charge in [0.15, 0.2) is 0 Å². The molecule has 1 atom stereocenters. The van der Waals surface area contributed by atoms with Crippen LogP contribution in [0.3, 0.4) is 0 Å². The van der Waals surface area contributed by atoms with E-state index in [1.807, 2.05) is 0 Å². The van der Waals surface area contributed by atoms with Crippen LogP contribution in [0, 0.1) is 0 Å². The van der Waals surface area contributed by atoms with Crippen LogP contribution >= 0.6 is 10.8 Å². The van der Waals surface area contributed by atoms with E-state index in [2.05, 4.69) is 4.18 Å². The van der Waals surface area contributed by atoms with Gasteiger partial charge in [0.25, 0.3) is 0 Å². The van der Waals surface area contributed by atoms with Crippen molar-refractivity contribution in [3.8, 4) is 0 Å². The summed E-state index contributed by atoms with van der Waals surface area (Å²) in [7, 11) is -2.85. The summed E-state index contributed by atoms with van der Waals surface area (Å²) in [5.74, 6) is 0. The van der Waals surface area contributed by atoms with Crippen molar-refractivity contribution in [2.24, 2.45) is 11.5 Å². The van der Waals surface area contributed by atoms with Crippen molar-refractivity contribution >= 4 is 19.9 Å². The van der Waals surface area contributed by atoms with Crippen LogP contribution in [0.4, 0.5) is 0 Å². The van der Waals surface area contributed by atoms with E-state index in [1.165, 1.54) is 0 Å². The molecular weight excluding hydrogens is 164 g/mol. The highest BCUT2D eigenvalue weighted by Gasteiger charge is 2.47. The van der Waals surface area contributed by atoms with E-state index >= 15 is 0 Å². The predicted octanol–water partition coefficient (Wildman–Crippen LogP) is -1.43. The molecular formula is C2H6N2O3S2. The van der Waals surface area contributed by atoms with Gasteiger partial charge in [-0.1, -0.05) is 0 Å². The van der Waals surface area contributed by atoms with Gasteiger partial charge in [-0.15, -0.1) is 0 Å². The minimum atomic E-state index is -3.39. The van der Waals surface area contributed by atoms with Crippen LogP contribution in [-0.2, 0) is 13.3 Å². The van der Waals surface area contributed by atoms with Gasteiger partial charge >= 0.3 is 9.15 Å². The minimum absolute atomic E-state index is 0.00308. The average Bonchev–Trinajstić information content (AvgIpc) is 1.61. The van der Waals surface area contributed by atoms with Crippen molar-refractivity contribution in [3.05, 3.63) is 0 Å². The van der Waals surface area contributed by atoms with E-state index in [9.17, 15) is 8.42 Å². The Morgan fingerprint density at radius 1 is 1.67 bits per heavy atom. The summed E-state index contributed by atoms with van der Waals surface area (Å²) >= 11 is 0. The molecule has 1 aliphatic heterocycles. The van der Waals surface area contributed by atoms with Crippen molar-refractivity contribution < 1.29 is 12.6 Å². The van der Waals surface area contributed by atoms with Crippen molar-refractivity contribution in [2.45, 2.75) is 5.06 Å². The molecule has 9 heavy (non-hydrogen) atoms. The molecule has 0 aliphatic carbocycles. The largest absolute Gasteiger partial charge is 0.329 e. The van der Waals surface area contributed by atoms with Gasteiger partial charge in [0.1, 0.15) is 0 Å². The molecule has 0 spiro atoms. The molecule has 0 radical (unpaired) electrons. The Balaban J connectivity index is 2.61. The first-order chi connectivity index (χ1) is 3.97. The zero-order valence-electron chi connectivity index (χ0n) is 4.40. The summed E-state index contributed by atoms with van der Waals surface area (Å²) in [6.07, 6.45) is 0. The molecule has 1 fully saturated rings. The summed E-state index contributed by atoms with van der Waals surface area (Å²) in [6, 6.07) is 0. The van der Waals surface area contributed by atoms with Gasteiger partial charge in [-0.3, -0.25) is 5.73 Å². The molecule has 0 saturated carbocycles. The predicted molar refractivity (Wildman–Crippen MR) is 33.6 cm³/mol. The van der Waals surface area contributed by atoms with Crippen LogP contribution in [0.25, 0.3) is 0 Å². The lowest BCUT2D eigenvalue weighted by Crippen LogP contribution is -2.54. The molecule has 1 unspecified atom stereocenters. The first kappa shape index (κ1) is 7.29. The number of hydrogen-bond donors (Lipinski definition) is 2. The third-order valence-electron chi connectivity index (χ3n) is 0.771. The molecule has 5 nitrogen and oxygen atoms in total. The van der Waals surface area contributed by atoms with Crippen molar-refractivity contribution in [3.63, 3.8) is 0 Å². The summed E-state index contributed by atoms with van der Waals surface area (Å²) in [6.45, 7) is -0.00308. The Bertz CT molecular complexity index is 198. The van der Waals surface area contributed by atoms with E-state index in [4.69, 9.17) is 11.5 Å². The van der Waals surface area contributed by atoms with Crippen LogP contribution in [0.15, 0.2) is 0 Å². The lowest BCUT2D eigenvalue weighted by Gasteiger charge is -2.33. The van der Waals surface area contributed by atoms with Crippen LogP contribution in [-0.4, -0.2) is 20.0 Å². The molecule has 7 heteroatoms. The Morgan fingerprint density at radius 2 is 2.11 bits per heavy atom. The van der Waals surface area contributed by atoms with Gasteiger partial charge < -0.3 is 5.73 Å². The Labute approximate surface area is 56.2 Å². The number of nitrogens with two attached hydrogens (primary N) is 2. The second kappa shape index (κ2) is 1.83. The molecule has 0 amide bonds. The Hall–Kier alpha value is 0.180. The van der Waals surface area contributed by atoms with E-state index in [-0.39, 0.29) is 6.54 Å². The van der Waals surface area contributed by atoms with E-state index < -0.39 is 14.2 Å². The second-order valence-corrected chi connectivity index (χ2v) is 5.16. The first-order valence-corrected chi connectivity index (χ1v) is 4.87. The molecule has 0 bridgehead atoms. The average molecular weight is 170 g/mol. The van der Waals surface area contributed by atoms with Gasteiger partial charge in [-0.05, 0) is 0 Å². The standard InChI is InChI=1S/C2H6N2O3S2/c3-1-2(4)7-9(5,6)8-2/h1,3-4H2. The quantitative estimate of drug-likeness (QED) is 0.468. The molecule has 54 valence electrons. The van der Waals surface area contributed by atoms with Crippen LogP contribution in [0.5, 0.6) is 0 Å². The Morgan fingerprint density at radius 3 is 2.22 bits per heavy atom. The van der Waals surface area contributed by atoms with E-state index in [1.54, 1.807) is 0 Å². The van der Waals surface area contributed by atoms with E-state index in [0.29, 0.717) is 10.8 Å². The maximum Gasteiger partial charge on any atom is 0.329 e. The van der Waals surface area contributed by atoms with Gasteiger partial charge in [0.2, 0.25) is 5.06 Å². The highest BCUT2D eigenvalue weighted by atomic mass is 33.2. The lowest BCUT2D eigenvalue weighted by atomic mass is 10.6. The zero-order chi connectivity index (χ0) is 7.12. The maximum atomic E-state index is 10.3. The molecule has 0 aromatic carbocycles. The SMILES string of the molecule is NCC1(N)OS(=O)(=O)S1. The smallest absolute Gasteiger partial charge is 0.326 e. The highest BCUT2D eigenvalue weighted by molar-refractivity contribution is 8.73. The minimum Gasteiger partial charge on any atom is -0.326 e. The van der Waals surface area contributed by atoms with Gasteiger partial charge in [-0.25, -0.2) is 4.18 Å². The fourth-order valence-corrected chi connectivity index (χ4v) is 3.05. The normalized spacial score (nSPS) is 39.8. The third kappa shape index (κ3) is 1.36. The zero-order valence-corrected chi connectivity index (χ0v) is 6.04. The van der Waals surface area contributed by atoms with Gasteiger partial charge in [0, 0.05) is 6.54 Å².